The van der Waals surface area contributed by atoms with Crippen LogP contribution in [0.2, 0.25) is 0 Å². The second kappa shape index (κ2) is 7.46. The van der Waals surface area contributed by atoms with Gasteiger partial charge in [-0.05, 0) is 39.3 Å². The minimum Gasteiger partial charge on any atom is -0.491 e. The maximum atomic E-state index is 14.3. The zero-order chi connectivity index (χ0) is 17.9. The molecule has 2 amide bonds. The topological polar surface area (TPSA) is 58.6 Å². The van der Waals surface area contributed by atoms with Crippen molar-refractivity contribution in [3.8, 4) is 5.75 Å². The van der Waals surface area contributed by atoms with Crippen LogP contribution in [0.5, 0.6) is 5.75 Å². The summed E-state index contributed by atoms with van der Waals surface area (Å²) < 4.78 is 44.9. The molecule has 1 unspecified atom stereocenters. The molecule has 1 saturated heterocycles. The number of rotatable bonds is 3. The van der Waals surface area contributed by atoms with Gasteiger partial charge in [0, 0.05) is 34.4 Å². The van der Waals surface area contributed by atoms with E-state index in [1.165, 1.54) is 11.0 Å². The molecule has 8 heteroatoms. The van der Waals surface area contributed by atoms with Crippen molar-refractivity contribution in [1.29, 1.82) is 0 Å². The van der Waals surface area contributed by atoms with E-state index in [2.05, 4.69) is 5.32 Å². The molecule has 1 aromatic carbocycles. The molecule has 0 aliphatic carbocycles. The van der Waals surface area contributed by atoms with Crippen LogP contribution in [0.1, 0.15) is 27.2 Å². The number of urea groups is 1. The number of nitrogens with zero attached hydrogens (tertiary/aromatic N) is 1. The molecule has 0 saturated carbocycles. The molecule has 0 bridgehead atoms. The van der Waals surface area contributed by atoms with Gasteiger partial charge in [0.15, 0.2) is 11.6 Å². The van der Waals surface area contributed by atoms with Crippen molar-refractivity contribution >= 4 is 22.5 Å². The fourth-order valence-electron chi connectivity index (χ4n) is 2.40. The quantitative estimate of drug-likeness (QED) is 0.901. The molecule has 24 heavy (non-hydrogen) atoms. The first-order valence-electron chi connectivity index (χ1n) is 7.81. The van der Waals surface area contributed by atoms with Crippen molar-refractivity contribution in [2.45, 2.75) is 31.9 Å². The van der Waals surface area contributed by atoms with Gasteiger partial charge in [-0.25, -0.2) is 13.6 Å². The van der Waals surface area contributed by atoms with Crippen LogP contribution in [0.3, 0.4) is 0 Å². The molecule has 0 radical (unpaired) electrons. The Balaban J connectivity index is 2.15. The van der Waals surface area contributed by atoms with Gasteiger partial charge in [0.1, 0.15) is 11.5 Å². The zero-order valence-electron chi connectivity index (χ0n) is 14.0. The van der Waals surface area contributed by atoms with Gasteiger partial charge in [0.05, 0.1) is 6.61 Å². The van der Waals surface area contributed by atoms with Gasteiger partial charge >= 0.3 is 6.03 Å². The highest BCUT2D eigenvalue weighted by molar-refractivity contribution is 7.86. The summed E-state index contributed by atoms with van der Waals surface area (Å²) in [7, 11) is -1.06. The molecule has 2 rings (SSSR count). The van der Waals surface area contributed by atoms with Gasteiger partial charge in [0.2, 0.25) is 0 Å². The molecule has 1 atom stereocenters. The van der Waals surface area contributed by atoms with Crippen LogP contribution in [0.4, 0.5) is 19.3 Å². The fraction of sp³-hybridized carbons (Fsp3) is 0.562. The molecule has 1 aliphatic rings. The number of carbonyl (C=O) groups is 1. The molecular formula is C16H22F2N2O3S. The number of nitrogens with one attached hydrogen (secondary N) is 1. The van der Waals surface area contributed by atoms with Crippen molar-refractivity contribution in [2.75, 3.05) is 30.8 Å². The lowest BCUT2D eigenvalue weighted by molar-refractivity contribution is 0.213. The van der Waals surface area contributed by atoms with Crippen molar-refractivity contribution in [3.05, 3.63) is 23.8 Å². The van der Waals surface area contributed by atoms with Gasteiger partial charge in [-0.15, -0.1) is 0 Å². The van der Waals surface area contributed by atoms with E-state index in [1.807, 2.05) is 13.8 Å². The van der Waals surface area contributed by atoms with Crippen LogP contribution in [-0.4, -0.2) is 45.3 Å². The Morgan fingerprint density at radius 2 is 2.08 bits per heavy atom. The first-order chi connectivity index (χ1) is 11.3. The SMILES string of the molecule is CCOc1ccc(F)c(NC(=O)N2CCS(=O)C(C)(C)CC2)c1F. The normalized spacial score (nSPS) is 20.4. The Morgan fingerprint density at radius 1 is 1.38 bits per heavy atom. The first-order valence-corrected chi connectivity index (χ1v) is 9.13. The zero-order valence-corrected chi connectivity index (χ0v) is 14.8. The molecule has 134 valence electrons. The number of carbonyl (C=O) groups excluding carboxylic acids is 1. The van der Waals surface area contributed by atoms with E-state index in [4.69, 9.17) is 4.74 Å². The molecule has 0 spiro atoms. The van der Waals surface area contributed by atoms with Gasteiger partial charge < -0.3 is 15.0 Å². The van der Waals surface area contributed by atoms with Crippen molar-refractivity contribution in [2.24, 2.45) is 0 Å². The number of halogens is 2. The number of hydrogen-bond acceptors (Lipinski definition) is 3. The molecule has 1 aliphatic heterocycles. The number of anilines is 1. The molecule has 1 aromatic rings. The van der Waals surface area contributed by atoms with Crippen LogP contribution in [0, 0.1) is 11.6 Å². The maximum absolute atomic E-state index is 14.3. The fourth-order valence-corrected chi connectivity index (χ4v) is 3.66. The smallest absolute Gasteiger partial charge is 0.322 e. The minimum atomic E-state index is -1.06. The summed E-state index contributed by atoms with van der Waals surface area (Å²) in [6.07, 6.45) is 0.553. The van der Waals surface area contributed by atoms with E-state index in [-0.39, 0.29) is 23.6 Å². The highest BCUT2D eigenvalue weighted by Gasteiger charge is 2.32. The summed E-state index contributed by atoms with van der Waals surface area (Å²) in [4.78, 5) is 13.8. The van der Waals surface area contributed by atoms with Crippen molar-refractivity contribution < 1.29 is 22.5 Å². The lowest BCUT2D eigenvalue weighted by Gasteiger charge is -2.23. The van der Waals surface area contributed by atoms with Gasteiger partial charge in [-0.3, -0.25) is 4.21 Å². The number of hydrogen-bond donors (Lipinski definition) is 1. The molecular weight excluding hydrogens is 338 g/mol. The first kappa shape index (κ1) is 18.6. The third-order valence-electron chi connectivity index (χ3n) is 4.02. The molecule has 0 aromatic heterocycles. The van der Waals surface area contributed by atoms with Crippen molar-refractivity contribution in [1.82, 2.24) is 4.90 Å². The summed E-state index contributed by atoms with van der Waals surface area (Å²) >= 11 is 0. The Hall–Kier alpha value is -1.70. The van der Waals surface area contributed by atoms with Crippen LogP contribution < -0.4 is 10.1 Å². The van der Waals surface area contributed by atoms with E-state index < -0.39 is 34.2 Å². The molecule has 1 heterocycles. The van der Waals surface area contributed by atoms with E-state index in [0.29, 0.717) is 18.7 Å². The third-order valence-corrected chi connectivity index (χ3v) is 6.01. The number of benzene rings is 1. The van der Waals surface area contributed by atoms with Gasteiger partial charge in [-0.2, -0.15) is 0 Å². The number of amides is 2. The van der Waals surface area contributed by atoms with E-state index in [0.717, 1.165) is 6.07 Å². The second-order valence-electron chi connectivity index (χ2n) is 6.14. The lowest BCUT2D eigenvalue weighted by atomic mass is 10.1. The predicted molar refractivity (Wildman–Crippen MR) is 89.8 cm³/mol. The summed E-state index contributed by atoms with van der Waals surface area (Å²) in [6, 6.07) is 1.61. The average Bonchev–Trinajstić information content (AvgIpc) is 2.66. The highest BCUT2D eigenvalue weighted by Crippen LogP contribution is 2.28. The Kier molecular flexibility index (Phi) is 5.79. The van der Waals surface area contributed by atoms with Gasteiger partial charge in [-0.1, -0.05) is 0 Å². The van der Waals surface area contributed by atoms with Gasteiger partial charge in [0.25, 0.3) is 0 Å². The second-order valence-corrected chi connectivity index (χ2v) is 8.35. The van der Waals surface area contributed by atoms with E-state index in [1.54, 1.807) is 6.92 Å². The van der Waals surface area contributed by atoms with Crippen molar-refractivity contribution in [3.63, 3.8) is 0 Å². The summed E-state index contributed by atoms with van der Waals surface area (Å²) in [6.45, 7) is 6.32. The van der Waals surface area contributed by atoms with Crippen LogP contribution in [0.15, 0.2) is 12.1 Å². The lowest BCUT2D eigenvalue weighted by Crippen LogP contribution is -2.37. The summed E-state index contributed by atoms with van der Waals surface area (Å²) in [5, 5.41) is 2.28. The van der Waals surface area contributed by atoms with Crippen LogP contribution in [-0.2, 0) is 10.8 Å². The summed E-state index contributed by atoms with van der Waals surface area (Å²) in [5.41, 5.74) is -0.532. The van der Waals surface area contributed by atoms with Crippen LogP contribution >= 0.6 is 0 Å². The Morgan fingerprint density at radius 3 is 2.75 bits per heavy atom. The Labute approximate surface area is 142 Å². The monoisotopic (exact) mass is 360 g/mol. The Bertz CT molecular complexity index is 652. The molecule has 1 N–H and O–H groups in total. The third kappa shape index (κ3) is 4.03. The highest BCUT2D eigenvalue weighted by atomic mass is 32.2. The summed E-state index contributed by atoms with van der Waals surface area (Å²) in [5.74, 6) is -1.59. The minimum absolute atomic E-state index is 0.118. The largest absolute Gasteiger partial charge is 0.491 e. The predicted octanol–water partition coefficient (Wildman–Crippen LogP) is 3.13. The van der Waals surface area contributed by atoms with E-state index >= 15 is 0 Å². The standard InChI is InChI=1S/C16H22F2N2O3S/c1-4-23-12-6-5-11(17)14(13(12)18)19-15(21)20-8-7-16(2,3)24(22)10-9-20/h5-6H,4,7-10H2,1-3H3,(H,19,21). The maximum Gasteiger partial charge on any atom is 0.322 e. The van der Waals surface area contributed by atoms with E-state index in [9.17, 15) is 17.8 Å². The number of ether oxygens (including phenoxy) is 1. The average molecular weight is 360 g/mol. The molecule has 1 fully saturated rings. The molecule has 5 nitrogen and oxygen atoms in total. The van der Waals surface area contributed by atoms with Crippen LogP contribution in [0.25, 0.3) is 0 Å².